The molecule has 1 N–H and O–H groups in total. The molecule has 0 bridgehead atoms. The van der Waals surface area contributed by atoms with Crippen molar-refractivity contribution < 1.29 is 4.92 Å². The summed E-state index contributed by atoms with van der Waals surface area (Å²) < 4.78 is 0.878. The van der Waals surface area contributed by atoms with E-state index >= 15 is 0 Å². The minimum atomic E-state index is -0.330. The second kappa shape index (κ2) is 5.48. The first kappa shape index (κ1) is 12.3. The van der Waals surface area contributed by atoms with Crippen LogP contribution < -0.4 is 5.32 Å². The van der Waals surface area contributed by atoms with Crippen LogP contribution in [0.1, 0.15) is 19.3 Å². The van der Waals surface area contributed by atoms with Gasteiger partial charge in [-0.1, -0.05) is 12.2 Å². The molecule has 90 valence electrons. The third-order valence-corrected chi connectivity index (χ3v) is 3.46. The first-order valence-corrected chi connectivity index (χ1v) is 6.60. The van der Waals surface area contributed by atoms with Crippen molar-refractivity contribution in [3.8, 4) is 0 Å². The second-order valence-electron chi connectivity index (χ2n) is 4.04. The first-order chi connectivity index (χ1) is 8.16. The largest absolute Gasteiger partial charge is 0.376 e. The maximum atomic E-state index is 11.0. The summed E-state index contributed by atoms with van der Waals surface area (Å²) in [6, 6.07) is 5.58. The van der Waals surface area contributed by atoms with Gasteiger partial charge in [0.2, 0.25) is 0 Å². The average molecular weight is 344 g/mol. The van der Waals surface area contributed by atoms with Gasteiger partial charge >= 0.3 is 0 Å². The number of nitro benzene ring substituents is 1. The Kier molecular flexibility index (Phi) is 3.98. The van der Waals surface area contributed by atoms with E-state index < -0.39 is 0 Å². The molecule has 1 aliphatic carbocycles. The summed E-state index contributed by atoms with van der Waals surface area (Å²) in [7, 11) is 0. The standard InChI is InChI=1S/C12H13IN2O2/c13-9-6-7-11(12(8-9)15(16)17)14-10-4-2-1-3-5-10/h1-2,6-8,10,14H,3-5H2. The third kappa shape index (κ3) is 3.18. The van der Waals surface area contributed by atoms with Crippen LogP contribution in [0.15, 0.2) is 30.4 Å². The molecule has 0 fully saturated rings. The van der Waals surface area contributed by atoms with Gasteiger partial charge in [-0.3, -0.25) is 10.1 Å². The van der Waals surface area contributed by atoms with Crippen molar-refractivity contribution in [3.63, 3.8) is 0 Å². The second-order valence-corrected chi connectivity index (χ2v) is 5.29. The smallest absolute Gasteiger partial charge is 0.293 e. The monoisotopic (exact) mass is 344 g/mol. The fourth-order valence-corrected chi connectivity index (χ4v) is 2.40. The van der Waals surface area contributed by atoms with E-state index in [1.807, 2.05) is 6.07 Å². The molecule has 2 rings (SSSR count). The Morgan fingerprint density at radius 3 is 2.88 bits per heavy atom. The molecule has 17 heavy (non-hydrogen) atoms. The molecule has 0 aromatic heterocycles. The molecule has 0 aliphatic heterocycles. The van der Waals surface area contributed by atoms with Crippen LogP contribution in [-0.4, -0.2) is 11.0 Å². The van der Waals surface area contributed by atoms with Crippen molar-refractivity contribution in [2.24, 2.45) is 0 Å². The van der Waals surface area contributed by atoms with Crippen LogP contribution in [0.4, 0.5) is 11.4 Å². The zero-order valence-electron chi connectivity index (χ0n) is 9.23. The molecule has 0 saturated carbocycles. The number of hydrogen-bond acceptors (Lipinski definition) is 3. The lowest BCUT2D eigenvalue weighted by Crippen LogP contribution is -2.20. The van der Waals surface area contributed by atoms with Gasteiger partial charge in [-0.15, -0.1) is 0 Å². The van der Waals surface area contributed by atoms with Gasteiger partial charge in [0, 0.05) is 15.7 Å². The Morgan fingerprint density at radius 2 is 2.24 bits per heavy atom. The van der Waals surface area contributed by atoms with Gasteiger partial charge < -0.3 is 5.32 Å². The predicted molar refractivity (Wildman–Crippen MR) is 76.2 cm³/mol. The van der Waals surface area contributed by atoms with Crippen LogP contribution in [0.2, 0.25) is 0 Å². The van der Waals surface area contributed by atoms with E-state index in [2.05, 4.69) is 40.1 Å². The number of hydrogen-bond donors (Lipinski definition) is 1. The van der Waals surface area contributed by atoms with Crippen molar-refractivity contribution in [1.29, 1.82) is 0 Å². The van der Waals surface area contributed by atoms with E-state index in [9.17, 15) is 10.1 Å². The summed E-state index contributed by atoms with van der Waals surface area (Å²) in [5.74, 6) is 0. The van der Waals surface area contributed by atoms with Crippen molar-refractivity contribution in [3.05, 3.63) is 44.0 Å². The summed E-state index contributed by atoms with van der Waals surface area (Å²) in [5, 5.41) is 14.2. The van der Waals surface area contributed by atoms with Gasteiger partial charge in [0.25, 0.3) is 5.69 Å². The Bertz CT molecular complexity index is 460. The molecule has 0 amide bonds. The van der Waals surface area contributed by atoms with Crippen molar-refractivity contribution in [2.45, 2.75) is 25.3 Å². The highest BCUT2D eigenvalue weighted by atomic mass is 127. The van der Waals surface area contributed by atoms with Crippen molar-refractivity contribution >= 4 is 34.0 Å². The molecule has 1 aliphatic rings. The van der Waals surface area contributed by atoms with E-state index in [0.29, 0.717) is 11.7 Å². The summed E-state index contributed by atoms with van der Waals surface area (Å²) in [4.78, 5) is 10.6. The molecule has 0 heterocycles. The van der Waals surface area contributed by atoms with E-state index in [1.165, 1.54) is 0 Å². The molecule has 5 heteroatoms. The zero-order chi connectivity index (χ0) is 12.3. The average Bonchev–Trinajstić information content (AvgIpc) is 2.32. The lowest BCUT2D eigenvalue weighted by molar-refractivity contribution is -0.384. The quantitative estimate of drug-likeness (QED) is 0.394. The molecule has 4 nitrogen and oxygen atoms in total. The van der Waals surface area contributed by atoms with Crippen LogP contribution in [0.3, 0.4) is 0 Å². The number of benzene rings is 1. The molecule has 1 atom stereocenters. The Labute approximate surface area is 113 Å². The number of anilines is 1. The zero-order valence-corrected chi connectivity index (χ0v) is 11.4. The number of rotatable bonds is 3. The Morgan fingerprint density at radius 1 is 1.41 bits per heavy atom. The van der Waals surface area contributed by atoms with Gasteiger partial charge in [0.05, 0.1) is 4.92 Å². The van der Waals surface area contributed by atoms with Gasteiger partial charge in [0.1, 0.15) is 5.69 Å². The van der Waals surface area contributed by atoms with Crippen LogP contribution >= 0.6 is 22.6 Å². The van der Waals surface area contributed by atoms with Gasteiger partial charge in [-0.05, 0) is 54.0 Å². The topological polar surface area (TPSA) is 55.2 Å². The summed E-state index contributed by atoms with van der Waals surface area (Å²) in [5.41, 5.74) is 0.780. The van der Waals surface area contributed by atoms with Crippen LogP contribution in [0.25, 0.3) is 0 Å². The number of halogens is 1. The Hall–Kier alpha value is -1.11. The van der Waals surface area contributed by atoms with E-state index in [1.54, 1.807) is 12.1 Å². The third-order valence-electron chi connectivity index (χ3n) is 2.79. The van der Waals surface area contributed by atoms with E-state index in [-0.39, 0.29) is 10.6 Å². The van der Waals surface area contributed by atoms with E-state index in [4.69, 9.17) is 0 Å². The molecular weight excluding hydrogens is 331 g/mol. The Balaban J connectivity index is 2.19. The molecule has 0 saturated heterocycles. The fraction of sp³-hybridized carbons (Fsp3) is 0.333. The molecule has 1 aromatic rings. The minimum absolute atomic E-state index is 0.159. The van der Waals surface area contributed by atoms with Crippen LogP contribution in [-0.2, 0) is 0 Å². The molecular formula is C12H13IN2O2. The number of nitrogens with zero attached hydrogens (tertiary/aromatic N) is 1. The maximum absolute atomic E-state index is 11.0. The lowest BCUT2D eigenvalue weighted by Gasteiger charge is -2.20. The van der Waals surface area contributed by atoms with Crippen LogP contribution in [0, 0.1) is 13.7 Å². The normalized spacial score (nSPS) is 19.0. The number of nitrogens with one attached hydrogen (secondary N) is 1. The SMILES string of the molecule is O=[N+]([O-])c1cc(I)ccc1NC1CC=CCC1. The highest BCUT2D eigenvalue weighted by Gasteiger charge is 2.17. The molecule has 1 aromatic carbocycles. The van der Waals surface area contributed by atoms with E-state index in [0.717, 1.165) is 22.8 Å². The molecule has 1 unspecified atom stereocenters. The van der Waals surface area contributed by atoms with Crippen molar-refractivity contribution in [2.75, 3.05) is 5.32 Å². The maximum Gasteiger partial charge on any atom is 0.293 e. The van der Waals surface area contributed by atoms with Crippen LogP contribution in [0.5, 0.6) is 0 Å². The fourth-order valence-electron chi connectivity index (χ4n) is 1.92. The summed E-state index contributed by atoms with van der Waals surface area (Å²) >= 11 is 2.08. The summed E-state index contributed by atoms with van der Waals surface area (Å²) in [6.07, 6.45) is 7.28. The van der Waals surface area contributed by atoms with Gasteiger partial charge in [-0.25, -0.2) is 0 Å². The number of nitro groups is 1. The summed E-state index contributed by atoms with van der Waals surface area (Å²) in [6.45, 7) is 0. The lowest BCUT2D eigenvalue weighted by atomic mass is 10.0. The minimum Gasteiger partial charge on any atom is -0.376 e. The molecule has 0 radical (unpaired) electrons. The first-order valence-electron chi connectivity index (χ1n) is 5.52. The van der Waals surface area contributed by atoms with Crippen molar-refractivity contribution in [1.82, 2.24) is 0 Å². The predicted octanol–water partition coefficient (Wildman–Crippen LogP) is 3.72. The van der Waals surface area contributed by atoms with Gasteiger partial charge in [0.15, 0.2) is 0 Å². The highest BCUT2D eigenvalue weighted by Crippen LogP contribution is 2.28. The van der Waals surface area contributed by atoms with Gasteiger partial charge in [-0.2, -0.15) is 0 Å². The molecule has 0 spiro atoms. The number of allylic oxidation sites excluding steroid dienone is 1. The highest BCUT2D eigenvalue weighted by molar-refractivity contribution is 14.1.